The summed E-state index contributed by atoms with van der Waals surface area (Å²) in [6.45, 7) is 2.42. The first-order valence-corrected chi connectivity index (χ1v) is 11.1. The minimum absolute atomic E-state index is 0.354. The summed E-state index contributed by atoms with van der Waals surface area (Å²) in [6, 6.07) is 11.1. The quantitative estimate of drug-likeness (QED) is 0.497. The Morgan fingerprint density at radius 2 is 1.93 bits per heavy atom. The van der Waals surface area contributed by atoms with Crippen molar-refractivity contribution in [1.82, 2.24) is 16.0 Å². The summed E-state index contributed by atoms with van der Waals surface area (Å²) >= 11 is 13.4. The lowest BCUT2D eigenvalue weighted by atomic mass is 10.1. The van der Waals surface area contributed by atoms with Gasteiger partial charge >= 0.3 is 0 Å². The summed E-state index contributed by atoms with van der Waals surface area (Å²) in [5.41, 5.74) is 7.08. The molecule has 0 aliphatic carbocycles. The highest BCUT2D eigenvalue weighted by molar-refractivity contribution is 7.99. The molecular formula is C20H22Cl2N4O3S. The van der Waals surface area contributed by atoms with Gasteiger partial charge in [0, 0.05) is 11.3 Å². The molecular weight excluding hydrogens is 447 g/mol. The van der Waals surface area contributed by atoms with Crippen LogP contribution in [0.15, 0.2) is 42.5 Å². The fourth-order valence-corrected chi connectivity index (χ4v) is 4.15. The molecule has 2 aromatic carbocycles. The van der Waals surface area contributed by atoms with Crippen molar-refractivity contribution < 1.29 is 14.3 Å². The molecule has 7 nitrogen and oxygen atoms in total. The van der Waals surface area contributed by atoms with Gasteiger partial charge in [0.1, 0.15) is 17.3 Å². The van der Waals surface area contributed by atoms with Crippen LogP contribution in [0.5, 0.6) is 5.75 Å². The second kappa shape index (κ2) is 10.4. The molecule has 2 aromatic rings. The molecule has 0 bridgehead atoms. The van der Waals surface area contributed by atoms with Gasteiger partial charge in [0.2, 0.25) is 5.91 Å². The fraction of sp³-hybridized carbons (Fsp3) is 0.300. The average Bonchev–Trinajstić information content (AvgIpc) is 2.72. The van der Waals surface area contributed by atoms with E-state index >= 15 is 0 Å². The predicted molar refractivity (Wildman–Crippen MR) is 120 cm³/mol. The molecule has 3 rings (SSSR count). The Morgan fingerprint density at radius 3 is 2.57 bits per heavy atom. The molecule has 1 aliphatic heterocycles. The number of ether oxygens (including phenoxy) is 1. The summed E-state index contributed by atoms with van der Waals surface area (Å²) in [4.78, 5) is 25.0. The van der Waals surface area contributed by atoms with Crippen molar-refractivity contribution in [3.8, 4) is 5.75 Å². The summed E-state index contributed by atoms with van der Waals surface area (Å²) in [5, 5.41) is 9.54. The second-order valence-corrected chi connectivity index (χ2v) is 8.46. The molecule has 5 N–H and O–H groups in total. The zero-order valence-corrected chi connectivity index (χ0v) is 18.5. The third-order valence-corrected chi connectivity index (χ3v) is 6.20. The SMILES string of the molecule is CCOc1ccc(C(=O)NC2C(=O)NC(SCc3ccc(Cl)c(Cl)c3)NC2N)cc1. The van der Waals surface area contributed by atoms with Crippen LogP contribution in [0.3, 0.4) is 0 Å². The van der Waals surface area contributed by atoms with Gasteiger partial charge < -0.3 is 21.1 Å². The molecule has 30 heavy (non-hydrogen) atoms. The van der Waals surface area contributed by atoms with E-state index in [4.69, 9.17) is 33.7 Å². The Bertz CT molecular complexity index is 913. The molecule has 0 radical (unpaired) electrons. The Labute approximate surface area is 189 Å². The van der Waals surface area contributed by atoms with Gasteiger partial charge in [-0.25, -0.2) is 0 Å². The lowest BCUT2D eigenvalue weighted by Gasteiger charge is -2.35. The molecule has 10 heteroatoms. The molecule has 1 aliphatic rings. The van der Waals surface area contributed by atoms with Gasteiger partial charge in [-0.15, -0.1) is 11.8 Å². The highest BCUT2D eigenvalue weighted by Crippen LogP contribution is 2.25. The van der Waals surface area contributed by atoms with Crippen LogP contribution in [0.4, 0.5) is 0 Å². The number of hydrogen-bond donors (Lipinski definition) is 4. The van der Waals surface area contributed by atoms with Crippen molar-refractivity contribution >= 4 is 46.8 Å². The smallest absolute Gasteiger partial charge is 0.252 e. The Morgan fingerprint density at radius 1 is 1.20 bits per heavy atom. The van der Waals surface area contributed by atoms with Crippen LogP contribution in [0, 0.1) is 0 Å². The van der Waals surface area contributed by atoms with Crippen LogP contribution in [-0.4, -0.2) is 36.1 Å². The van der Waals surface area contributed by atoms with Gasteiger partial charge in [-0.05, 0) is 48.9 Å². The van der Waals surface area contributed by atoms with Crippen LogP contribution in [0.2, 0.25) is 10.0 Å². The number of nitrogens with two attached hydrogens (primary N) is 1. The lowest BCUT2D eigenvalue weighted by molar-refractivity contribution is -0.125. The molecule has 3 unspecified atom stereocenters. The van der Waals surface area contributed by atoms with Gasteiger partial charge in [0.05, 0.1) is 22.8 Å². The van der Waals surface area contributed by atoms with E-state index in [1.54, 1.807) is 36.4 Å². The fourth-order valence-electron chi connectivity index (χ4n) is 2.84. The Balaban J connectivity index is 1.54. The van der Waals surface area contributed by atoms with Gasteiger partial charge in [0.15, 0.2) is 0 Å². The lowest BCUT2D eigenvalue weighted by Crippen LogP contribution is -2.70. The van der Waals surface area contributed by atoms with E-state index in [0.29, 0.717) is 33.7 Å². The zero-order chi connectivity index (χ0) is 21.7. The van der Waals surface area contributed by atoms with E-state index in [-0.39, 0.29) is 5.91 Å². The molecule has 2 amide bonds. The number of hydrogen-bond acceptors (Lipinski definition) is 6. The molecule has 160 valence electrons. The van der Waals surface area contributed by atoms with Crippen LogP contribution < -0.4 is 26.4 Å². The van der Waals surface area contributed by atoms with Crippen molar-refractivity contribution in [2.75, 3.05) is 6.61 Å². The number of carbonyl (C=O) groups excluding carboxylic acids is 2. The highest BCUT2D eigenvalue weighted by atomic mass is 35.5. The van der Waals surface area contributed by atoms with Crippen LogP contribution in [0.25, 0.3) is 0 Å². The molecule has 1 heterocycles. The summed E-state index contributed by atoms with van der Waals surface area (Å²) < 4.78 is 5.36. The Kier molecular flexibility index (Phi) is 7.85. The van der Waals surface area contributed by atoms with Crippen LogP contribution in [-0.2, 0) is 10.5 Å². The maximum atomic E-state index is 12.5. The summed E-state index contributed by atoms with van der Waals surface area (Å²) in [5.74, 6) is 0.513. The Hall–Kier alpha value is -1.97. The third-order valence-electron chi connectivity index (χ3n) is 4.37. The maximum Gasteiger partial charge on any atom is 0.252 e. The van der Waals surface area contributed by atoms with Gasteiger partial charge in [-0.2, -0.15) is 0 Å². The normalized spacial score (nSPS) is 21.1. The highest BCUT2D eigenvalue weighted by Gasteiger charge is 2.35. The minimum atomic E-state index is -0.897. The number of thioether (sulfide) groups is 1. The minimum Gasteiger partial charge on any atom is -0.494 e. The topological polar surface area (TPSA) is 105 Å². The summed E-state index contributed by atoms with van der Waals surface area (Å²) in [6.07, 6.45) is -0.739. The van der Waals surface area contributed by atoms with Crippen LogP contribution >= 0.6 is 35.0 Å². The first-order chi connectivity index (χ1) is 14.4. The number of rotatable bonds is 7. The third kappa shape index (κ3) is 5.80. The van der Waals surface area contributed by atoms with Crippen LogP contribution in [0.1, 0.15) is 22.8 Å². The van der Waals surface area contributed by atoms with E-state index in [0.717, 1.165) is 5.56 Å². The molecule has 0 aromatic heterocycles. The second-order valence-electron chi connectivity index (χ2n) is 6.55. The van der Waals surface area contributed by atoms with Crippen molar-refractivity contribution in [1.29, 1.82) is 0 Å². The number of carbonyl (C=O) groups is 2. The van der Waals surface area contributed by atoms with Crippen molar-refractivity contribution in [2.24, 2.45) is 5.73 Å². The van der Waals surface area contributed by atoms with E-state index < -0.39 is 23.6 Å². The number of amides is 2. The monoisotopic (exact) mass is 468 g/mol. The largest absolute Gasteiger partial charge is 0.494 e. The molecule has 1 fully saturated rings. The first-order valence-electron chi connectivity index (χ1n) is 9.28. The maximum absolute atomic E-state index is 12.5. The molecule has 0 saturated carbocycles. The average molecular weight is 469 g/mol. The predicted octanol–water partition coefficient (Wildman–Crippen LogP) is 2.71. The van der Waals surface area contributed by atoms with E-state index in [1.165, 1.54) is 11.8 Å². The standard InChI is InChI=1S/C20H22Cl2N4O3S/c1-2-29-13-6-4-12(5-7-13)18(27)24-16-17(23)25-20(26-19(16)28)30-10-11-3-8-14(21)15(22)9-11/h3-9,16-17,20,25H,2,10,23H2,1H3,(H,24,27)(H,26,28). The number of benzene rings is 2. The van der Waals surface area contributed by atoms with E-state index in [2.05, 4.69) is 16.0 Å². The first kappa shape index (κ1) is 22.7. The van der Waals surface area contributed by atoms with E-state index in [9.17, 15) is 9.59 Å². The zero-order valence-electron chi connectivity index (χ0n) is 16.2. The van der Waals surface area contributed by atoms with Crippen molar-refractivity contribution in [3.63, 3.8) is 0 Å². The molecule has 1 saturated heterocycles. The summed E-state index contributed by atoms with van der Waals surface area (Å²) in [7, 11) is 0. The van der Waals surface area contributed by atoms with Crippen molar-refractivity contribution in [2.45, 2.75) is 30.4 Å². The van der Waals surface area contributed by atoms with Crippen molar-refractivity contribution in [3.05, 3.63) is 63.6 Å². The number of nitrogens with one attached hydrogen (secondary N) is 3. The van der Waals surface area contributed by atoms with Gasteiger partial charge in [-0.3, -0.25) is 14.9 Å². The van der Waals surface area contributed by atoms with Gasteiger partial charge in [0.25, 0.3) is 5.91 Å². The van der Waals surface area contributed by atoms with Gasteiger partial charge in [-0.1, -0.05) is 29.3 Å². The molecule has 3 atom stereocenters. The number of halogens is 2. The van der Waals surface area contributed by atoms with E-state index in [1.807, 2.05) is 13.0 Å². The molecule has 0 spiro atoms.